The minimum Gasteiger partial charge on any atom is -0.313 e. The Kier molecular flexibility index (Phi) is 5.49. The van der Waals surface area contributed by atoms with E-state index in [1.54, 1.807) is 0 Å². The van der Waals surface area contributed by atoms with Gasteiger partial charge in [0.15, 0.2) is 0 Å². The van der Waals surface area contributed by atoms with E-state index in [1.807, 2.05) is 11.3 Å². The summed E-state index contributed by atoms with van der Waals surface area (Å²) in [5.74, 6) is 0. The van der Waals surface area contributed by atoms with E-state index in [-0.39, 0.29) is 0 Å². The first-order valence-corrected chi connectivity index (χ1v) is 7.70. The van der Waals surface area contributed by atoms with Crippen molar-refractivity contribution in [3.63, 3.8) is 0 Å². The van der Waals surface area contributed by atoms with E-state index >= 15 is 0 Å². The second kappa shape index (κ2) is 7.14. The first-order valence-electron chi connectivity index (χ1n) is 6.83. The van der Waals surface area contributed by atoms with Gasteiger partial charge in [-0.2, -0.15) is 0 Å². The summed E-state index contributed by atoms with van der Waals surface area (Å²) in [5.41, 5.74) is 0. The lowest BCUT2D eigenvalue weighted by Gasteiger charge is -2.29. The van der Waals surface area contributed by atoms with E-state index in [0.717, 1.165) is 6.54 Å². The molecule has 3 heteroatoms. The molecule has 1 unspecified atom stereocenters. The molecule has 1 N–H and O–H groups in total. The van der Waals surface area contributed by atoms with Crippen LogP contribution in [0.5, 0.6) is 0 Å². The summed E-state index contributed by atoms with van der Waals surface area (Å²) < 4.78 is 0. The molecule has 1 saturated heterocycles. The van der Waals surface area contributed by atoms with E-state index < -0.39 is 0 Å². The highest BCUT2D eigenvalue weighted by atomic mass is 32.1. The minimum atomic E-state index is 0.619. The van der Waals surface area contributed by atoms with Crippen LogP contribution in [0, 0.1) is 0 Å². The Labute approximate surface area is 109 Å². The van der Waals surface area contributed by atoms with Gasteiger partial charge in [0.25, 0.3) is 0 Å². The monoisotopic (exact) mass is 252 g/mol. The molecule has 1 aliphatic rings. The fourth-order valence-corrected chi connectivity index (χ4v) is 3.20. The molecule has 1 aromatic rings. The quantitative estimate of drug-likeness (QED) is 0.837. The highest BCUT2D eigenvalue weighted by Crippen LogP contribution is 2.10. The van der Waals surface area contributed by atoms with Gasteiger partial charge in [0, 0.05) is 24.0 Å². The predicted molar refractivity (Wildman–Crippen MR) is 75.8 cm³/mol. The van der Waals surface area contributed by atoms with Crippen LogP contribution >= 0.6 is 11.3 Å². The van der Waals surface area contributed by atoms with Crippen molar-refractivity contribution in [3.05, 3.63) is 22.4 Å². The highest BCUT2D eigenvalue weighted by molar-refractivity contribution is 7.09. The normalized spacial score (nSPS) is 19.4. The van der Waals surface area contributed by atoms with Crippen molar-refractivity contribution in [2.45, 2.75) is 38.6 Å². The van der Waals surface area contributed by atoms with Gasteiger partial charge in [-0.3, -0.25) is 0 Å². The minimum absolute atomic E-state index is 0.619. The van der Waals surface area contributed by atoms with Crippen molar-refractivity contribution in [2.24, 2.45) is 0 Å². The zero-order valence-electron chi connectivity index (χ0n) is 10.8. The van der Waals surface area contributed by atoms with E-state index in [2.05, 4.69) is 34.7 Å². The van der Waals surface area contributed by atoms with Gasteiger partial charge in [0.1, 0.15) is 0 Å². The number of hydrogen-bond acceptors (Lipinski definition) is 3. The molecular weight excluding hydrogens is 228 g/mol. The zero-order valence-corrected chi connectivity index (χ0v) is 11.6. The summed E-state index contributed by atoms with van der Waals surface area (Å²) in [6, 6.07) is 4.98. The van der Waals surface area contributed by atoms with Crippen LogP contribution in [0.15, 0.2) is 17.5 Å². The molecule has 2 nitrogen and oxygen atoms in total. The third kappa shape index (κ3) is 4.78. The van der Waals surface area contributed by atoms with E-state index in [0.29, 0.717) is 6.04 Å². The van der Waals surface area contributed by atoms with Gasteiger partial charge in [0.05, 0.1) is 0 Å². The van der Waals surface area contributed by atoms with Crippen molar-refractivity contribution in [2.75, 3.05) is 26.2 Å². The molecule has 17 heavy (non-hydrogen) atoms. The van der Waals surface area contributed by atoms with Crippen LogP contribution in [0.1, 0.15) is 31.1 Å². The zero-order chi connectivity index (χ0) is 11.9. The fourth-order valence-electron chi connectivity index (χ4n) is 2.49. The summed E-state index contributed by atoms with van der Waals surface area (Å²) in [7, 11) is 0. The summed E-state index contributed by atoms with van der Waals surface area (Å²) in [6.07, 6.45) is 5.38. The predicted octanol–water partition coefficient (Wildman–Crippen LogP) is 2.75. The molecule has 0 radical (unpaired) electrons. The molecule has 2 rings (SSSR count). The fraction of sp³-hybridized carbons (Fsp3) is 0.714. The van der Waals surface area contributed by atoms with Crippen molar-refractivity contribution in [3.8, 4) is 0 Å². The van der Waals surface area contributed by atoms with E-state index in [1.165, 1.54) is 50.2 Å². The Balaban J connectivity index is 1.58. The van der Waals surface area contributed by atoms with Gasteiger partial charge in [-0.15, -0.1) is 11.3 Å². The molecule has 0 aliphatic carbocycles. The first-order chi connectivity index (χ1) is 8.34. The summed E-state index contributed by atoms with van der Waals surface area (Å²) in [4.78, 5) is 4.09. The third-order valence-corrected chi connectivity index (χ3v) is 4.36. The molecule has 0 aromatic carbocycles. The van der Waals surface area contributed by atoms with Crippen molar-refractivity contribution in [1.82, 2.24) is 10.2 Å². The number of hydrogen-bond donors (Lipinski definition) is 1. The molecule has 1 aromatic heterocycles. The summed E-state index contributed by atoms with van der Waals surface area (Å²) >= 11 is 1.86. The lowest BCUT2D eigenvalue weighted by Crippen LogP contribution is -2.42. The van der Waals surface area contributed by atoms with Gasteiger partial charge in [-0.1, -0.05) is 12.5 Å². The Morgan fingerprint density at radius 2 is 2.18 bits per heavy atom. The van der Waals surface area contributed by atoms with Crippen LogP contribution in [0.25, 0.3) is 0 Å². The Bertz CT molecular complexity index is 291. The topological polar surface area (TPSA) is 15.3 Å². The lowest BCUT2D eigenvalue weighted by molar-refractivity contribution is 0.209. The SMILES string of the molecule is CC(CN1CCCCC1)NCCc1cccs1. The standard InChI is InChI=1S/C14H24N2S/c1-13(12-16-9-3-2-4-10-16)15-8-7-14-6-5-11-17-14/h5-6,11,13,15H,2-4,7-10,12H2,1H3. The van der Waals surface area contributed by atoms with Crippen LogP contribution in [-0.4, -0.2) is 37.1 Å². The molecule has 0 bridgehead atoms. The van der Waals surface area contributed by atoms with Crippen LogP contribution in [0.3, 0.4) is 0 Å². The number of likely N-dealkylation sites (tertiary alicyclic amines) is 1. The van der Waals surface area contributed by atoms with Crippen LogP contribution in [-0.2, 0) is 6.42 Å². The average molecular weight is 252 g/mol. The second-order valence-electron chi connectivity index (χ2n) is 5.05. The largest absolute Gasteiger partial charge is 0.313 e. The number of rotatable bonds is 6. The first kappa shape index (κ1) is 13.1. The Morgan fingerprint density at radius 1 is 1.35 bits per heavy atom. The highest BCUT2D eigenvalue weighted by Gasteiger charge is 2.12. The van der Waals surface area contributed by atoms with Crippen LogP contribution in [0.2, 0.25) is 0 Å². The molecule has 96 valence electrons. The van der Waals surface area contributed by atoms with Crippen molar-refractivity contribution >= 4 is 11.3 Å². The lowest BCUT2D eigenvalue weighted by atomic mass is 10.1. The van der Waals surface area contributed by atoms with Crippen molar-refractivity contribution < 1.29 is 0 Å². The van der Waals surface area contributed by atoms with Gasteiger partial charge < -0.3 is 10.2 Å². The van der Waals surface area contributed by atoms with Gasteiger partial charge >= 0.3 is 0 Å². The number of nitrogens with zero attached hydrogens (tertiary/aromatic N) is 1. The smallest absolute Gasteiger partial charge is 0.0166 e. The molecule has 2 heterocycles. The molecule has 0 spiro atoms. The molecule has 0 amide bonds. The number of nitrogens with one attached hydrogen (secondary N) is 1. The average Bonchev–Trinajstić information content (AvgIpc) is 2.83. The number of piperidine rings is 1. The third-order valence-electron chi connectivity index (χ3n) is 3.43. The van der Waals surface area contributed by atoms with Gasteiger partial charge in [-0.25, -0.2) is 0 Å². The summed E-state index contributed by atoms with van der Waals surface area (Å²) in [5, 5.41) is 5.79. The number of thiophene rings is 1. The maximum atomic E-state index is 3.63. The Morgan fingerprint density at radius 3 is 2.88 bits per heavy atom. The van der Waals surface area contributed by atoms with Gasteiger partial charge in [-0.05, 0) is 50.7 Å². The summed E-state index contributed by atoms with van der Waals surface area (Å²) in [6.45, 7) is 7.23. The Hall–Kier alpha value is -0.380. The molecule has 1 atom stereocenters. The molecular formula is C14H24N2S. The maximum Gasteiger partial charge on any atom is 0.0166 e. The van der Waals surface area contributed by atoms with E-state index in [4.69, 9.17) is 0 Å². The van der Waals surface area contributed by atoms with Crippen molar-refractivity contribution in [1.29, 1.82) is 0 Å². The maximum absolute atomic E-state index is 3.63. The van der Waals surface area contributed by atoms with Gasteiger partial charge in [0.2, 0.25) is 0 Å². The van der Waals surface area contributed by atoms with Crippen LogP contribution in [0.4, 0.5) is 0 Å². The molecule has 0 saturated carbocycles. The second-order valence-corrected chi connectivity index (χ2v) is 6.08. The molecule has 1 aliphatic heterocycles. The van der Waals surface area contributed by atoms with Crippen LogP contribution < -0.4 is 5.32 Å². The molecule has 1 fully saturated rings. The van der Waals surface area contributed by atoms with E-state index in [9.17, 15) is 0 Å².